The SMILES string of the molecule is CCC(C)CC(CC)C(C)CC1CCC(C)C1C(C)NCNC(C)C(C(C)C)C1CCCC(C)C1. The van der Waals surface area contributed by atoms with Crippen LogP contribution in [-0.2, 0) is 0 Å². The van der Waals surface area contributed by atoms with Gasteiger partial charge in [0.2, 0.25) is 0 Å². The van der Waals surface area contributed by atoms with Crippen molar-refractivity contribution >= 4 is 0 Å². The van der Waals surface area contributed by atoms with Gasteiger partial charge in [-0.15, -0.1) is 0 Å². The minimum Gasteiger partial charge on any atom is -0.302 e. The van der Waals surface area contributed by atoms with Gasteiger partial charge in [-0.3, -0.25) is 0 Å². The predicted octanol–water partition coefficient (Wildman–Crippen LogP) is 9.15. The van der Waals surface area contributed by atoms with Gasteiger partial charge in [0.1, 0.15) is 0 Å². The zero-order valence-electron chi connectivity index (χ0n) is 25.7. The fraction of sp³-hybridized carbons (Fsp3) is 1.00. The van der Waals surface area contributed by atoms with Crippen molar-refractivity contribution in [3.63, 3.8) is 0 Å². The van der Waals surface area contributed by atoms with Crippen LogP contribution in [0.3, 0.4) is 0 Å². The van der Waals surface area contributed by atoms with Crippen molar-refractivity contribution in [3.8, 4) is 0 Å². The highest BCUT2D eigenvalue weighted by atomic mass is 15.1. The fourth-order valence-corrected chi connectivity index (χ4v) is 8.67. The van der Waals surface area contributed by atoms with Gasteiger partial charge in [-0.2, -0.15) is 0 Å². The molecule has 2 N–H and O–H groups in total. The molecule has 0 aliphatic heterocycles. The number of rotatable bonds is 15. The zero-order valence-corrected chi connectivity index (χ0v) is 25.7. The van der Waals surface area contributed by atoms with E-state index in [4.69, 9.17) is 0 Å². The van der Waals surface area contributed by atoms with Crippen LogP contribution in [0.1, 0.15) is 133 Å². The van der Waals surface area contributed by atoms with Crippen molar-refractivity contribution in [1.29, 1.82) is 0 Å². The summed E-state index contributed by atoms with van der Waals surface area (Å²) in [5.74, 6) is 8.61. The van der Waals surface area contributed by atoms with Crippen LogP contribution in [0, 0.1) is 59.2 Å². The van der Waals surface area contributed by atoms with Crippen LogP contribution in [-0.4, -0.2) is 18.8 Å². The molecular weight excluding hydrogens is 424 g/mol. The molecule has 2 heteroatoms. The maximum absolute atomic E-state index is 3.97. The average molecular weight is 491 g/mol. The second kappa shape index (κ2) is 15.4. The minimum absolute atomic E-state index is 0.590. The molecule has 0 aromatic heterocycles. The first-order chi connectivity index (χ1) is 16.6. The summed E-state index contributed by atoms with van der Waals surface area (Å²) in [6.07, 6.45) is 14.2. The lowest BCUT2D eigenvalue weighted by molar-refractivity contribution is 0.127. The van der Waals surface area contributed by atoms with Crippen molar-refractivity contribution in [3.05, 3.63) is 0 Å². The molecule has 2 fully saturated rings. The Kier molecular flexibility index (Phi) is 13.7. The lowest BCUT2D eigenvalue weighted by Gasteiger charge is -2.40. The third-order valence-corrected chi connectivity index (χ3v) is 10.9. The second-order valence-electron chi connectivity index (χ2n) is 14.0. The van der Waals surface area contributed by atoms with E-state index in [0.29, 0.717) is 12.1 Å². The molecule has 0 radical (unpaired) electrons. The van der Waals surface area contributed by atoms with E-state index in [-0.39, 0.29) is 0 Å². The maximum atomic E-state index is 3.97. The van der Waals surface area contributed by atoms with E-state index in [9.17, 15) is 0 Å². The molecule has 11 unspecified atom stereocenters. The molecular formula is C33H66N2. The third-order valence-electron chi connectivity index (χ3n) is 10.9. The van der Waals surface area contributed by atoms with E-state index in [2.05, 4.69) is 79.9 Å². The van der Waals surface area contributed by atoms with Gasteiger partial charge in [0, 0.05) is 18.8 Å². The van der Waals surface area contributed by atoms with Gasteiger partial charge >= 0.3 is 0 Å². The normalized spacial score (nSPS) is 32.8. The summed E-state index contributed by atoms with van der Waals surface area (Å²) in [4.78, 5) is 0. The monoisotopic (exact) mass is 491 g/mol. The van der Waals surface area contributed by atoms with E-state index >= 15 is 0 Å². The highest BCUT2D eigenvalue weighted by Crippen LogP contribution is 2.44. The minimum atomic E-state index is 0.590. The van der Waals surface area contributed by atoms with Crippen molar-refractivity contribution in [2.75, 3.05) is 6.67 Å². The molecule has 2 nitrogen and oxygen atoms in total. The lowest BCUT2D eigenvalue weighted by atomic mass is 9.69. The standard InChI is InChI=1S/C33H66N2/c1-11-23(5)18-29(12-2)26(8)20-31-17-16-25(7)33(31)28(10)35-21-34-27(9)32(22(3)4)30-15-13-14-24(6)19-30/h22-35H,11-21H2,1-10H3. The fourth-order valence-electron chi connectivity index (χ4n) is 8.67. The molecule has 0 aromatic rings. The highest BCUT2D eigenvalue weighted by molar-refractivity contribution is 4.91. The maximum Gasteiger partial charge on any atom is 0.0458 e. The van der Waals surface area contributed by atoms with Crippen LogP contribution >= 0.6 is 0 Å². The summed E-state index contributed by atoms with van der Waals surface area (Å²) in [5.41, 5.74) is 0. The van der Waals surface area contributed by atoms with E-state index in [1.807, 2.05) is 0 Å². The van der Waals surface area contributed by atoms with Gasteiger partial charge in [-0.1, -0.05) is 93.9 Å². The van der Waals surface area contributed by atoms with Crippen LogP contribution in [0.5, 0.6) is 0 Å². The molecule has 35 heavy (non-hydrogen) atoms. The summed E-state index contributed by atoms with van der Waals surface area (Å²) in [7, 11) is 0. The topological polar surface area (TPSA) is 24.1 Å². The molecule has 0 bridgehead atoms. The zero-order chi connectivity index (χ0) is 26.1. The lowest BCUT2D eigenvalue weighted by Crippen LogP contribution is -2.48. The average Bonchev–Trinajstić information content (AvgIpc) is 3.16. The van der Waals surface area contributed by atoms with E-state index in [1.54, 1.807) is 0 Å². The molecule has 2 aliphatic rings. The van der Waals surface area contributed by atoms with Gasteiger partial charge in [0.25, 0.3) is 0 Å². The molecule has 0 amide bonds. The van der Waals surface area contributed by atoms with Crippen LogP contribution in [0.4, 0.5) is 0 Å². The Bertz CT molecular complexity index is 559. The van der Waals surface area contributed by atoms with Crippen molar-refractivity contribution in [2.24, 2.45) is 59.2 Å². The molecule has 0 aromatic carbocycles. The quantitative estimate of drug-likeness (QED) is 0.224. The molecule has 2 rings (SSSR count). The van der Waals surface area contributed by atoms with Gasteiger partial charge in [0.05, 0.1) is 0 Å². The molecule has 0 saturated heterocycles. The smallest absolute Gasteiger partial charge is 0.0458 e. The van der Waals surface area contributed by atoms with Crippen molar-refractivity contribution < 1.29 is 0 Å². The van der Waals surface area contributed by atoms with Gasteiger partial charge in [-0.05, 0) is 98.7 Å². The van der Waals surface area contributed by atoms with Crippen LogP contribution in [0.25, 0.3) is 0 Å². The first-order valence-electron chi connectivity index (χ1n) is 16.0. The number of hydrogen-bond donors (Lipinski definition) is 2. The molecule has 2 aliphatic carbocycles. The summed E-state index contributed by atoms with van der Waals surface area (Å²) < 4.78 is 0. The largest absolute Gasteiger partial charge is 0.302 e. The van der Waals surface area contributed by atoms with Gasteiger partial charge in [0.15, 0.2) is 0 Å². The van der Waals surface area contributed by atoms with E-state index in [1.165, 1.54) is 64.2 Å². The summed E-state index contributed by atoms with van der Waals surface area (Å²) in [5, 5.41) is 7.91. The summed E-state index contributed by atoms with van der Waals surface area (Å²) in [6.45, 7) is 25.6. The molecule has 208 valence electrons. The van der Waals surface area contributed by atoms with Crippen molar-refractivity contribution in [2.45, 2.75) is 146 Å². The van der Waals surface area contributed by atoms with E-state index in [0.717, 1.165) is 65.8 Å². The van der Waals surface area contributed by atoms with E-state index < -0.39 is 0 Å². The molecule has 0 heterocycles. The Morgan fingerprint density at radius 2 is 1.54 bits per heavy atom. The number of hydrogen-bond acceptors (Lipinski definition) is 2. The van der Waals surface area contributed by atoms with Gasteiger partial charge in [-0.25, -0.2) is 0 Å². The Balaban J connectivity index is 1.88. The first kappa shape index (κ1) is 31.1. The van der Waals surface area contributed by atoms with Crippen LogP contribution in [0.15, 0.2) is 0 Å². The van der Waals surface area contributed by atoms with Gasteiger partial charge < -0.3 is 10.6 Å². The molecule has 2 saturated carbocycles. The summed E-state index contributed by atoms with van der Waals surface area (Å²) in [6, 6.07) is 1.19. The summed E-state index contributed by atoms with van der Waals surface area (Å²) >= 11 is 0. The predicted molar refractivity (Wildman–Crippen MR) is 157 cm³/mol. The Hall–Kier alpha value is -0.0800. The Morgan fingerprint density at radius 3 is 2.14 bits per heavy atom. The van der Waals surface area contributed by atoms with Crippen molar-refractivity contribution in [1.82, 2.24) is 10.6 Å². The third kappa shape index (κ3) is 9.31. The Morgan fingerprint density at radius 1 is 0.829 bits per heavy atom. The van der Waals surface area contributed by atoms with Crippen LogP contribution in [0.2, 0.25) is 0 Å². The Labute approximate surface area is 222 Å². The second-order valence-corrected chi connectivity index (χ2v) is 14.0. The highest BCUT2D eigenvalue weighted by Gasteiger charge is 2.38. The first-order valence-corrected chi connectivity index (χ1v) is 16.0. The molecule has 11 atom stereocenters. The number of nitrogens with one attached hydrogen (secondary N) is 2. The molecule has 0 spiro atoms. The van der Waals surface area contributed by atoms with Crippen LogP contribution < -0.4 is 10.6 Å².